The summed E-state index contributed by atoms with van der Waals surface area (Å²) >= 11 is 0. The summed E-state index contributed by atoms with van der Waals surface area (Å²) in [6.07, 6.45) is 7.26. The van der Waals surface area contributed by atoms with E-state index in [1.54, 1.807) is 6.08 Å². The third-order valence-corrected chi connectivity index (χ3v) is 6.46. The molecule has 3 rings (SSSR count). The molecule has 1 heterocycles. The Morgan fingerprint density at radius 1 is 1.28 bits per heavy atom. The van der Waals surface area contributed by atoms with Gasteiger partial charge in [0.2, 0.25) is 10.0 Å². The van der Waals surface area contributed by atoms with Crippen molar-refractivity contribution in [3.8, 4) is 5.75 Å². The standard InChI is InChI=1S/C20H25N3O5S/c1-22(11-8-16-4-2-5-18(14-16)28-15-17-6-7-17)29(26,27)13-3-10-23-12-9-19(24)21-20(23)25/h2,4-5,8-9,11-12,14,17H,3,6-7,10,13,15H2,1H3,(H,21,24,25). The van der Waals surface area contributed by atoms with E-state index < -0.39 is 21.3 Å². The van der Waals surface area contributed by atoms with Crippen LogP contribution in [0.25, 0.3) is 6.08 Å². The highest BCUT2D eigenvalue weighted by Crippen LogP contribution is 2.29. The Morgan fingerprint density at radius 3 is 2.79 bits per heavy atom. The first-order chi connectivity index (χ1) is 13.8. The van der Waals surface area contributed by atoms with E-state index in [0.717, 1.165) is 17.9 Å². The molecule has 0 atom stereocenters. The predicted molar refractivity (Wildman–Crippen MR) is 111 cm³/mol. The molecule has 156 valence electrons. The zero-order valence-electron chi connectivity index (χ0n) is 16.3. The van der Waals surface area contributed by atoms with E-state index in [1.807, 2.05) is 24.3 Å². The molecule has 0 bridgehead atoms. The summed E-state index contributed by atoms with van der Waals surface area (Å²) < 4.78 is 33.1. The van der Waals surface area contributed by atoms with Gasteiger partial charge in [-0.05, 0) is 49.0 Å². The van der Waals surface area contributed by atoms with Gasteiger partial charge in [-0.3, -0.25) is 14.1 Å². The molecule has 0 saturated heterocycles. The van der Waals surface area contributed by atoms with Crippen LogP contribution in [0.1, 0.15) is 24.8 Å². The number of aryl methyl sites for hydroxylation is 1. The van der Waals surface area contributed by atoms with Gasteiger partial charge in [-0.1, -0.05) is 12.1 Å². The van der Waals surface area contributed by atoms with E-state index >= 15 is 0 Å². The van der Waals surface area contributed by atoms with Crippen LogP contribution in [-0.2, 0) is 16.6 Å². The molecule has 2 aromatic rings. The lowest BCUT2D eigenvalue weighted by Crippen LogP contribution is -2.30. The fourth-order valence-electron chi connectivity index (χ4n) is 2.67. The average Bonchev–Trinajstić information content (AvgIpc) is 3.51. The molecule has 29 heavy (non-hydrogen) atoms. The Bertz CT molecular complexity index is 1080. The summed E-state index contributed by atoms with van der Waals surface area (Å²) in [4.78, 5) is 24.8. The zero-order chi connectivity index (χ0) is 20.9. The molecular formula is C20H25N3O5S. The normalized spacial score (nSPS) is 14.2. The van der Waals surface area contributed by atoms with Gasteiger partial charge in [0.25, 0.3) is 5.56 Å². The number of nitrogens with zero attached hydrogens (tertiary/aromatic N) is 2. The lowest BCUT2D eigenvalue weighted by atomic mass is 10.2. The fraction of sp³-hybridized carbons (Fsp3) is 0.400. The van der Waals surface area contributed by atoms with Crippen LogP contribution in [0, 0.1) is 5.92 Å². The number of hydrogen-bond acceptors (Lipinski definition) is 5. The van der Waals surface area contributed by atoms with Gasteiger partial charge in [0.15, 0.2) is 0 Å². The van der Waals surface area contributed by atoms with Crippen molar-refractivity contribution in [3.63, 3.8) is 0 Å². The molecule has 1 aromatic heterocycles. The topological polar surface area (TPSA) is 101 Å². The van der Waals surface area contributed by atoms with E-state index in [-0.39, 0.29) is 18.7 Å². The summed E-state index contributed by atoms with van der Waals surface area (Å²) in [7, 11) is -2.04. The van der Waals surface area contributed by atoms with Crippen LogP contribution in [0.15, 0.2) is 52.3 Å². The second-order valence-corrected chi connectivity index (χ2v) is 9.28. The minimum atomic E-state index is -3.52. The van der Waals surface area contributed by atoms with Crippen molar-refractivity contribution < 1.29 is 13.2 Å². The summed E-state index contributed by atoms with van der Waals surface area (Å²) in [6.45, 7) is 0.923. The maximum absolute atomic E-state index is 12.4. The Hall–Kier alpha value is -2.81. The van der Waals surface area contributed by atoms with Crippen LogP contribution in [0.2, 0.25) is 0 Å². The first kappa shape index (κ1) is 20.9. The largest absolute Gasteiger partial charge is 0.493 e. The summed E-state index contributed by atoms with van der Waals surface area (Å²) in [5.41, 5.74) is -0.183. The van der Waals surface area contributed by atoms with Gasteiger partial charge < -0.3 is 9.30 Å². The van der Waals surface area contributed by atoms with Crippen molar-refractivity contribution in [2.75, 3.05) is 19.4 Å². The van der Waals surface area contributed by atoms with Crippen LogP contribution in [0.4, 0.5) is 0 Å². The Kier molecular flexibility index (Phi) is 6.58. The van der Waals surface area contributed by atoms with E-state index in [1.165, 1.54) is 47.2 Å². The number of aromatic amines is 1. The van der Waals surface area contributed by atoms with Crippen LogP contribution in [0.5, 0.6) is 5.75 Å². The fourth-order valence-corrected chi connectivity index (χ4v) is 3.70. The van der Waals surface area contributed by atoms with E-state index in [4.69, 9.17) is 4.74 Å². The van der Waals surface area contributed by atoms with Crippen molar-refractivity contribution in [1.29, 1.82) is 0 Å². The summed E-state index contributed by atoms with van der Waals surface area (Å²) in [5, 5.41) is 0. The van der Waals surface area contributed by atoms with Crippen molar-refractivity contribution >= 4 is 16.1 Å². The van der Waals surface area contributed by atoms with Gasteiger partial charge in [-0.15, -0.1) is 0 Å². The monoisotopic (exact) mass is 419 g/mol. The molecule has 1 aromatic carbocycles. The molecule has 1 N–H and O–H groups in total. The minimum absolute atomic E-state index is 0.121. The van der Waals surface area contributed by atoms with Gasteiger partial charge in [0.1, 0.15) is 5.75 Å². The van der Waals surface area contributed by atoms with E-state index in [2.05, 4.69) is 4.98 Å². The molecule has 0 unspecified atom stereocenters. The Balaban J connectivity index is 1.54. The molecule has 0 radical (unpaired) electrons. The van der Waals surface area contributed by atoms with Gasteiger partial charge in [0, 0.05) is 32.1 Å². The van der Waals surface area contributed by atoms with Gasteiger partial charge in [-0.2, -0.15) is 0 Å². The second kappa shape index (κ2) is 9.13. The zero-order valence-corrected chi connectivity index (χ0v) is 17.1. The maximum atomic E-state index is 12.4. The highest BCUT2D eigenvalue weighted by atomic mass is 32.2. The average molecular weight is 420 g/mol. The number of nitrogens with one attached hydrogen (secondary N) is 1. The van der Waals surface area contributed by atoms with E-state index in [9.17, 15) is 18.0 Å². The summed E-state index contributed by atoms with van der Waals surface area (Å²) in [6, 6.07) is 8.75. The molecular weight excluding hydrogens is 394 g/mol. The number of ether oxygens (including phenoxy) is 1. The van der Waals surface area contributed by atoms with Crippen LogP contribution < -0.4 is 16.0 Å². The molecule has 0 spiro atoms. The first-order valence-electron chi connectivity index (χ1n) is 9.50. The van der Waals surface area contributed by atoms with Crippen molar-refractivity contribution in [3.05, 3.63) is 69.1 Å². The lowest BCUT2D eigenvalue weighted by molar-refractivity contribution is 0.300. The smallest absolute Gasteiger partial charge is 0.328 e. The Morgan fingerprint density at radius 2 is 2.07 bits per heavy atom. The number of hydrogen-bond donors (Lipinski definition) is 1. The first-order valence-corrected chi connectivity index (χ1v) is 11.1. The van der Waals surface area contributed by atoms with Crippen LogP contribution in [0.3, 0.4) is 0 Å². The SMILES string of the molecule is CN(C=Cc1cccc(OCC2CC2)c1)S(=O)(=O)CCCn1ccc(=O)[nH]c1=O. The van der Waals surface area contributed by atoms with Gasteiger partial charge in [0.05, 0.1) is 12.4 Å². The predicted octanol–water partition coefficient (Wildman–Crippen LogP) is 1.65. The molecule has 0 amide bonds. The van der Waals surface area contributed by atoms with Gasteiger partial charge in [-0.25, -0.2) is 13.2 Å². The van der Waals surface area contributed by atoms with Gasteiger partial charge >= 0.3 is 5.69 Å². The molecule has 0 aliphatic heterocycles. The van der Waals surface area contributed by atoms with Crippen molar-refractivity contribution in [1.82, 2.24) is 13.9 Å². The number of aromatic nitrogens is 2. The highest BCUT2D eigenvalue weighted by molar-refractivity contribution is 7.89. The molecule has 1 aliphatic rings. The number of rotatable bonds is 10. The lowest BCUT2D eigenvalue weighted by Gasteiger charge is -2.15. The van der Waals surface area contributed by atoms with Crippen LogP contribution in [-0.4, -0.2) is 41.7 Å². The van der Waals surface area contributed by atoms with Crippen molar-refractivity contribution in [2.45, 2.75) is 25.8 Å². The minimum Gasteiger partial charge on any atom is -0.493 e. The second-order valence-electron chi connectivity index (χ2n) is 7.13. The number of sulfonamides is 1. The summed E-state index contributed by atoms with van der Waals surface area (Å²) in [5.74, 6) is 1.32. The van der Waals surface area contributed by atoms with Crippen LogP contribution >= 0.6 is 0 Å². The number of H-pyrrole nitrogens is 1. The third-order valence-electron chi connectivity index (χ3n) is 4.65. The molecule has 1 saturated carbocycles. The van der Waals surface area contributed by atoms with Crippen molar-refractivity contribution in [2.24, 2.45) is 5.92 Å². The molecule has 1 aliphatic carbocycles. The molecule has 8 nitrogen and oxygen atoms in total. The molecule has 1 fully saturated rings. The number of benzene rings is 1. The Labute approximate surface area is 169 Å². The highest BCUT2D eigenvalue weighted by Gasteiger charge is 2.21. The third kappa shape index (κ3) is 6.35. The maximum Gasteiger partial charge on any atom is 0.328 e. The quantitative estimate of drug-likeness (QED) is 0.631. The molecule has 9 heteroatoms. The van der Waals surface area contributed by atoms with E-state index in [0.29, 0.717) is 5.92 Å².